The van der Waals surface area contributed by atoms with Crippen LogP contribution in [0.3, 0.4) is 0 Å². The Bertz CT molecular complexity index is 612. The van der Waals surface area contributed by atoms with Gasteiger partial charge in [-0.05, 0) is 37.0 Å². The second-order valence-corrected chi connectivity index (χ2v) is 5.37. The fourth-order valence-corrected chi connectivity index (χ4v) is 2.66. The van der Waals surface area contributed by atoms with Crippen molar-refractivity contribution in [3.63, 3.8) is 0 Å². The van der Waals surface area contributed by atoms with Crippen LogP contribution in [0.15, 0.2) is 24.4 Å². The summed E-state index contributed by atoms with van der Waals surface area (Å²) >= 11 is 0. The minimum absolute atomic E-state index is 0.0461. The summed E-state index contributed by atoms with van der Waals surface area (Å²) < 4.78 is 13.1. The van der Waals surface area contributed by atoms with Gasteiger partial charge in [0.15, 0.2) is 0 Å². The van der Waals surface area contributed by atoms with Crippen LogP contribution in [0.4, 0.5) is 4.39 Å². The number of rotatable bonds is 1. The van der Waals surface area contributed by atoms with E-state index in [4.69, 9.17) is 0 Å². The highest BCUT2D eigenvalue weighted by atomic mass is 19.1. The number of benzene rings is 1. The number of halogens is 1. The van der Waals surface area contributed by atoms with Crippen LogP contribution in [-0.2, 0) is 0 Å². The lowest BCUT2D eigenvalue weighted by molar-refractivity contribution is 0.0699. The van der Waals surface area contributed by atoms with Crippen molar-refractivity contribution in [3.05, 3.63) is 35.8 Å². The molecule has 0 aliphatic carbocycles. The van der Waals surface area contributed by atoms with Crippen molar-refractivity contribution in [1.29, 1.82) is 0 Å². The summed E-state index contributed by atoms with van der Waals surface area (Å²) in [5.41, 5.74) is 1.32. The van der Waals surface area contributed by atoms with E-state index in [1.165, 1.54) is 12.1 Å². The molecule has 3 nitrogen and oxygen atoms in total. The van der Waals surface area contributed by atoms with E-state index in [1.807, 2.05) is 4.90 Å². The molecule has 100 valence electrons. The van der Waals surface area contributed by atoms with Gasteiger partial charge in [-0.1, -0.05) is 6.92 Å². The van der Waals surface area contributed by atoms with Gasteiger partial charge in [0, 0.05) is 30.2 Å². The summed E-state index contributed by atoms with van der Waals surface area (Å²) in [4.78, 5) is 17.3. The Hall–Kier alpha value is -1.84. The average molecular weight is 260 g/mol. The van der Waals surface area contributed by atoms with E-state index in [9.17, 15) is 9.18 Å². The van der Waals surface area contributed by atoms with Crippen LogP contribution < -0.4 is 0 Å². The molecule has 1 aromatic carbocycles. The number of fused-ring (bicyclic) bond motifs is 1. The molecule has 0 spiro atoms. The Labute approximate surface area is 111 Å². The first kappa shape index (κ1) is 12.2. The fraction of sp³-hybridized carbons (Fsp3) is 0.400. The molecule has 1 aliphatic rings. The van der Waals surface area contributed by atoms with Crippen molar-refractivity contribution in [3.8, 4) is 0 Å². The first-order valence-corrected chi connectivity index (χ1v) is 6.71. The zero-order valence-corrected chi connectivity index (χ0v) is 10.9. The number of H-pyrrole nitrogens is 1. The number of carbonyl (C=O) groups excluding carboxylic acids is 1. The highest BCUT2D eigenvalue weighted by Crippen LogP contribution is 2.23. The smallest absolute Gasteiger partial charge is 0.256 e. The summed E-state index contributed by atoms with van der Waals surface area (Å²) in [6, 6.07) is 4.48. The second kappa shape index (κ2) is 4.68. The molecule has 1 aromatic heterocycles. The Balaban J connectivity index is 1.89. The summed E-state index contributed by atoms with van der Waals surface area (Å²) in [7, 11) is 0. The molecular weight excluding hydrogens is 243 g/mol. The van der Waals surface area contributed by atoms with Gasteiger partial charge in [0.05, 0.1) is 5.56 Å². The van der Waals surface area contributed by atoms with Crippen molar-refractivity contribution in [2.75, 3.05) is 13.1 Å². The van der Waals surface area contributed by atoms with Crippen LogP contribution in [0.5, 0.6) is 0 Å². The quantitative estimate of drug-likeness (QED) is 0.840. The van der Waals surface area contributed by atoms with Crippen LogP contribution in [0, 0.1) is 11.7 Å². The number of nitrogens with one attached hydrogen (secondary N) is 1. The van der Waals surface area contributed by atoms with E-state index in [1.54, 1.807) is 12.3 Å². The number of piperidine rings is 1. The van der Waals surface area contributed by atoms with Crippen molar-refractivity contribution in [2.24, 2.45) is 5.92 Å². The second-order valence-electron chi connectivity index (χ2n) is 5.37. The number of nitrogens with zero attached hydrogens (tertiary/aromatic N) is 1. The number of aromatic nitrogens is 1. The molecule has 4 heteroatoms. The molecule has 3 rings (SSSR count). The standard InChI is InChI=1S/C15H17FN2O/c1-10-4-6-18(7-5-10)15(19)13-9-17-14-8-11(16)2-3-12(13)14/h2-3,8-10,17H,4-7H2,1H3. The van der Waals surface area contributed by atoms with Crippen LogP contribution in [-0.4, -0.2) is 28.9 Å². The number of hydrogen-bond donors (Lipinski definition) is 1. The first-order chi connectivity index (χ1) is 9.15. The normalized spacial score (nSPS) is 17.1. The number of likely N-dealkylation sites (tertiary alicyclic amines) is 1. The lowest BCUT2D eigenvalue weighted by Gasteiger charge is -2.30. The maximum absolute atomic E-state index is 13.1. The molecule has 2 aromatic rings. The SMILES string of the molecule is CC1CCN(C(=O)c2c[nH]c3cc(F)ccc23)CC1. The number of hydrogen-bond acceptors (Lipinski definition) is 1. The molecule has 1 saturated heterocycles. The van der Waals surface area contributed by atoms with Crippen molar-refractivity contribution in [1.82, 2.24) is 9.88 Å². The molecule has 2 heterocycles. The van der Waals surface area contributed by atoms with Gasteiger partial charge in [0.2, 0.25) is 0 Å². The lowest BCUT2D eigenvalue weighted by atomic mass is 9.98. The van der Waals surface area contributed by atoms with Gasteiger partial charge < -0.3 is 9.88 Å². The molecule has 1 amide bonds. The van der Waals surface area contributed by atoms with E-state index in [0.717, 1.165) is 31.3 Å². The Morgan fingerprint density at radius 3 is 2.84 bits per heavy atom. The van der Waals surface area contributed by atoms with Crippen LogP contribution in [0.2, 0.25) is 0 Å². The molecule has 0 atom stereocenters. The number of amides is 1. The Kier molecular flexibility index (Phi) is 3.01. The molecule has 1 N–H and O–H groups in total. The molecule has 19 heavy (non-hydrogen) atoms. The third-order valence-corrected chi connectivity index (χ3v) is 3.95. The topological polar surface area (TPSA) is 36.1 Å². The first-order valence-electron chi connectivity index (χ1n) is 6.71. The van der Waals surface area contributed by atoms with Crippen LogP contribution >= 0.6 is 0 Å². The van der Waals surface area contributed by atoms with Crippen LogP contribution in [0.1, 0.15) is 30.1 Å². The summed E-state index contributed by atoms with van der Waals surface area (Å²) in [5, 5.41) is 0.796. The van der Waals surface area contributed by atoms with E-state index >= 15 is 0 Å². The molecule has 0 bridgehead atoms. The van der Waals surface area contributed by atoms with Crippen molar-refractivity contribution >= 4 is 16.8 Å². The molecule has 0 radical (unpaired) electrons. The van der Waals surface area contributed by atoms with Gasteiger partial charge in [0.1, 0.15) is 5.82 Å². The monoisotopic (exact) mass is 260 g/mol. The zero-order chi connectivity index (χ0) is 13.4. The van der Waals surface area contributed by atoms with E-state index in [0.29, 0.717) is 17.0 Å². The minimum atomic E-state index is -0.292. The average Bonchev–Trinajstić information content (AvgIpc) is 2.81. The fourth-order valence-electron chi connectivity index (χ4n) is 2.66. The van der Waals surface area contributed by atoms with Crippen molar-refractivity contribution < 1.29 is 9.18 Å². The third-order valence-electron chi connectivity index (χ3n) is 3.95. The Morgan fingerprint density at radius 2 is 2.11 bits per heavy atom. The summed E-state index contributed by atoms with van der Waals surface area (Å²) in [5.74, 6) is 0.450. The molecule has 0 unspecified atom stereocenters. The Morgan fingerprint density at radius 1 is 1.37 bits per heavy atom. The van der Waals surface area contributed by atoms with Gasteiger partial charge in [-0.15, -0.1) is 0 Å². The minimum Gasteiger partial charge on any atom is -0.360 e. The van der Waals surface area contributed by atoms with Crippen molar-refractivity contribution in [2.45, 2.75) is 19.8 Å². The largest absolute Gasteiger partial charge is 0.360 e. The third kappa shape index (κ3) is 2.23. The predicted octanol–water partition coefficient (Wildman–Crippen LogP) is 3.18. The number of carbonyl (C=O) groups is 1. The molecule has 1 aliphatic heterocycles. The maximum Gasteiger partial charge on any atom is 0.256 e. The summed E-state index contributed by atoms with van der Waals surface area (Å²) in [6.45, 7) is 3.85. The van der Waals surface area contributed by atoms with E-state index in [-0.39, 0.29) is 11.7 Å². The highest BCUT2D eigenvalue weighted by molar-refractivity contribution is 6.06. The van der Waals surface area contributed by atoms with E-state index < -0.39 is 0 Å². The van der Waals surface area contributed by atoms with Gasteiger partial charge in [0.25, 0.3) is 5.91 Å². The number of aromatic amines is 1. The van der Waals surface area contributed by atoms with Crippen LogP contribution in [0.25, 0.3) is 10.9 Å². The van der Waals surface area contributed by atoms with Gasteiger partial charge in [-0.2, -0.15) is 0 Å². The van der Waals surface area contributed by atoms with Gasteiger partial charge >= 0.3 is 0 Å². The summed E-state index contributed by atoms with van der Waals surface area (Å²) in [6.07, 6.45) is 3.80. The predicted molar refractivity (Wildman–Crippen MR) is 72.6 cm³/mol. The van der Waals surface area contributed by atoms with Gasteiger partial charge in [-0.25, -0.2) is 4.39 Å². The molecule has 0 saturated carbocycles. The van der Waals surface area contributed by atoms with Gasteiger partial charge in [-0.3, -0.25) is 4.79 Å². The molecular formula is C15H17FN2O. The molecule has 1 fully saturated rings. The maximum atomic E-state index is 13.1. The highest BCUT2D eigenvalue weighted by Gasteiger charge is 2.23. The zero-order valence-electron chi connectivity index (χ0n) is 10.9. The lowest BCUT2D eigenvalue weighted by Crippen LogP contribution is -2.37. The van der Waals surface area contributed by atoms with E-state index in [2.05, 4.69) is 11.9 Å².